The molecule has 3 aliphatic rings. The van der Waals surface area contributed by atoms with E-state index in [-0.39, 0.29) is 0 Å². The van der Waals surface area contributed by atoms with Gasteiger partial charge in [0.15, 0.2) is 0 Å². The SMILES string of the molecule is CC[Si]1(CC)C2=CC(O)C=CC2=Nc2ccc(N3CCOCC3)cc21. The smallest absolute Gasteiger partial charge is 0.123 e. The van der Waals surface area contributed by atoms with Crippen LogP contribution in [-0.4, -0.2) is 51.3 Å². The molecule has 1 N–H and O–H groups in total. The second-order valence-corrected chi connectivity index (χ2v) is 11.7. The van der Waals surface area contributed by atoms with E-state index in [0.29, 0.717) is 0 Å². The minimum absolute atomic E-state index is 0.483. The van der Waals surface area contributed by atoms with Crippen molar-refractivity contribution in [1.82, 2.24) is 0 Å². The highest BCUT2D eigenvalue weighted by atomic mass is 28.3. The van der Waals surface area contributed by atoms with E-state index in [9.17, 15) is 5.11 Å². The molecule has 0 saturated carbocycles. The lowest BCUT2D eigenvalue weighted by molar-refractivity contribution is 0.122. The normalized spacial score (nSPS) is 24.3. The van der Waals surface area contributed by atoms with Gasteiger partial charge in [-0.25, -0.2) is 4.99 Å². The van der Waals surface area contributed by atoms with Crippen molar-refractivity contribution >= 4 is 30.3 Å². The monoisotopic (exact) mass is 354 g/mol. The molecular weight excluding hydrogens is 328 g/mol. The molecule has 132 valence electrons. The lowest BCUT2D eigenvalue weighted by Gasteiger charge is -2.39. The van der Waals surface area contributed by atoms with Crippen molar-refractivity contribution < 1.29 is 9.84 Å². The fourth-order valence-corrected chi connectivity index (χ4v) is 8.89. The van der Waals surface area contributed by atoms with Crippen molar-refractivity contribution in [2.24, 2.45) is 4.99 Å². The molecule has 1 saturated heterocycles. The van der Waals surface area contributed by atoms with E-state index in [1.165, 1.54) is 16.1 Å². The molecule has 0 radical (unpaired) electrons. The molecule has 2 aliphatic heterocycles. The van der Waals surface area contributed by atoms with Crippen molar-refractivity contribution in [3.63, 3.8) is 0 Å². The maximum absolute atomic E-state index is 10.2. The van der Waals surface area contributed by atoms with Crippen LogP contribution in [0.5, 0.6) is 0 Å². The van der Waals surface area contributed by atoms with Gasteiger partial charge in [0.25, 0.3) is 0 Å². The number of anilines is 1. The molecule has 1 fully saturated rings. The van der Waals surface area contributed by atoms with E-state index in [2.05, 4.69) is 36.9 Å². The summed E-state index contributed by atoms with van der Waals surface area (Å²) >= 11 is 0. The molecule has 4 rings (SSSR count). The third kappa shape index (κ3) is 2.71. The van der Waals surface area contributed by atoms with Gasteiger partial charge in [-0.3, -0.25) is 0 Å². The molecule has 0 amide bonds. The lowest BCUT2D eigenvalue weighted by Crippen LogP contribution is -2.54. The zero-order valence-corrected chi connectivity index (χ0v) is 16.0. The average molecular weight is 355 g/mol. The number of ether oxygens (including phenoxy) is 1. The van der Waals surface area contributed by atoms with Crippen LogP contribution in [0.25, 0.3) is 0 Å². The minimum Gasteiger partial charge on any atom is -0.385 e. The Morgan fingerprint density at radius 1 is 1.24 bits per heavy atom. The third-order valence-corrected chi connectivity index (χ3v) is 11.2. The van der Waals surface area contributed by atoms with E-state index >= 15 is 0 Å². The molecular formula is C20H26N2O2Si. The summed E-state index contributed by atoms with van der Waals surface area (Å²) in [6.45, 7) is 8.09. The van der Waals surface area contributed by atoms with Gasteiger partial charge in [0.2, 0.25) is 0 Å². The zero-order chi connectivity index (χ0) is 17.4. The van der Waals surface area contributed by atoms with E-state index < -0.39 is 14.2 Å². The predicted molar refractivity (Wildman–Crippen MR) is 106 cm³/mol. The van der Waals surface area contributed by atoms with Gasteiger partial charge in [-0.05, 0) is 34.7 Å². The highest BCUT2D eigenvalue weighted by Crippen LogP contribution is 2.37. The van der Waals surface area contributed by atoms with Gasteiger partial charge >= 0.3 is 0 Å². The summed E-state index contributed by atoms with van der Waals surface area (Å²) in [5.74, 6) is 0. The van der Waals surface area contributed by atoms with Gasteiger partial charge in [0, 0.05) is 18.8 Å². The summed E-state index contributed by atoms with van der Waals surface area (Å²) in [6, 6.07) is 9.04. The number of allylic oxidation sites excluding steroid dienone is 2. The Hall–Kier alpha value is -1.69. The van der Waals surface area contributed by atoms with Crippen molar-refractivity contribution in [2.45, 2.75) is 32.0 Å². The van der Waals surface area contributed by atoms with Gasteiger partial charge in [0.1, 0.15) is 8.07 Å². The highest BCUT2D eigenvalue weighted by molar-refractivity contribution is 7.02. The number of aliphatic imine (C=N–C) groups is 1. The Balaban J connectivity index is 1.85. The van der Waals surface area contributed by atoms with Crippen LogP contribution in [0.2, 0.25) is 12.1 Å². The molecule has 1 aromatic carbocycles. The van der Waals surface area contributed by atoms with Crippen molar-refractivity contribution in [3.8, 4) is 0 Å². The molecule has 2 heterocycles. The van der Waals surface area contributed by atoms with Crippen molar-refractivity contribution in [2.75, 3.05) is 31.2 Å². The van der Waals surface area contributed by atoms with Crippen LogP contribution in [-0.2, 0) is 4.74 Å². The standard InChI is InChI=1S/C20H26N2O2Si/c1-3-25(4-2)19-13-15(22-9-11-24-12-10-22)5-7-17(19)21-18-8-6-16(23)14-20(18)25/h5-8,13-14,16,23H,3-4,9-12H2,1-2H3. The van der Waals surface area contributed by atoms with Crippen LogP contribution >= 0.6 is 0 Å². The van der Waals surface area contributed by atoms with Gasteiger partial charge in [-0.15, -0.1) is 0 Å². The van der Waals surface area contributed by atoms with Crippen LogP contribution in [0, 0.1) is 0 Å². The summed E-state index contributed by atoms with van der Waals surface area (Å²) in [4.78, 5) is 7.34. The molecule has 0 bridgehead atoms. The predicted octanol–water partition coefficient (Wildman–Crippen LogP) is 2.70. The molecule has 4 nitrogen and oxygen atoms in total. The second-order valence-electron chi connectivity index (χ2n) is 7.02. The molecule has 0 aromatic heterocycles. The summed E-state index contributed by atoms with van der Waals surface area (Å²) in [5, 5.41) is 12.9. The summed E-state index contributed by atoms with van der Waals surface area (Å²) in [6.07, 6.45) is 5.40. The quantitative estimate of drug-likeness (QED) is 0.849. The summed E-state index contributed by atoms with van der Waals surface area (Å²) < 4.78 is 5.50. The van der Waals surface area contributed by atoms with Crippen molar-refractivity contribution in [1.29, 1.82) is 0 Å². The van der Waals surface area contributed by atoms with Crippen LogP contribution in [0.15, 0.2) is 46.6 Å². The number of nitrogens with zero attached hydrogens (tertiary/aromatic N) is 2. The first-order valence-electron chi connectivity index (χ1n) is 9.33. The van der Waals surface area contributed by atoms with Crippen molar-refractivity contribution in [3.05, 3.63) is 41.6 Å². The Kier molecular flexibility index (Phi) is 4.39. The first kappa shape index (κ1) is 16.8. The van der Waals surface area contributed by atoms with Crippen LogP contribution < -0.4 is 10.1 Å². The van der Waals surface area contributed by atoms with Crippen LogP contribution in [0.4, 0.5) is 11.4 Å². The number of fused-ring (bicyclic) bond motifs is 2. The fourth-order valence-electron chi connectivity index (χ4n) is 4.40. The molecule has 1 unspecified atom stereocenters. The number of morpholine rings is 1. The second kappa shape index (κ2) is 6.55. The molecule has 25 heavy (non-hydrogen) atoms. The topological polar surface area (TPSA) is 45.1 Å². The Bertz CT molecular complexity index is 759. The first-order valence-corrected chi connectivity index (χ1v) is 11.7. The zero-order valence-electron chi connectivity index (χ0n) is 15.0. The molecule has 0 spiro atoms. The molecule has 1 aliphatic carbocycles. The highest BCUT2D eigenvalue weighted by Gasteiger charge is 2.43. The van der Waals surface area contributed by atoms with Gasteiger partial charge in [0.05, 0.1) is 30.7 Å². The first-order chi connectivity index (χ1) is 12.2. The maximum Gasteiger partial charge on any atom is 0.123 e. The largest absolute Gasteiger partial charge is 0.385 e. The number of hydrogen-bond acceptors (Lipinski definition) is 4. The fraction of sp³-hybridized carbons (Fsp3) is 0.450. The Morgan fingerprint density at radius 2 is 2.00 bits per heavy atom. The summed E-state index contributed by atoms with van der Waals surface area (Å²) in [7, 11) is -1.89. The molecule has 5 heteroatoms. The van der Waals surface area contributed by atoms with E-state index in [4.69, 9.17) is 9.73 Å². The third-order valence-electron chi connectivity index (χ3n) is 5.90. The van der Waals surface area contributed by atoms with Crippen LogP contribution in [0.1, 0.15) is 13.8 Å². The molecule has 1 atom stereocenters. The average Bonchev–Trinajstić information content (AvgIpc) is 2.67. The van der Waals surface area contributed by atoms with E-state index in [0.717, 1.165) is 49.8 Å². The lowest BCUT2D eigenvalue weighted by atomic mass is 10.1. The Labute approximate surface area is 150 Å². The van der Waals surface area contributed by atoms with Gasteiger partial charge < -0.3 is 14.7 Å². The minimum atomic E-state index is -1.89. The van der Waals surface area contributed by atoms with Gasteiger partial charge in [-0.1, -0.05) is 38.1 Å². The number of aliphatic hydroxyl groups excluding tert-OH is 1. The number of hydrogen-bond donors (Lipinski definition) is 1. The maximum atomic E-state index is 10.2. The van der Waals surface area contributed by atoms with Crippen LogP contribution in [0.3, 0.4) is 0 Å². The van der Waals surface area contributed by atoms with E-state index in [1.54, 1.807) is 0 Å². The van der Waals surface area contributed by atoms with E-state index in [1.807, 2.05) is 18.2 Å². The number of aliphatic hydroxyl groups is 1. The van der Waals surface area contributed by atoms with Gasteiger partial charge in [-0.2, -0.15) is 0 Å². The summed E-state index contributed by atoms with van der Waals surface area (Å²) in [5.41, 5.74) is 3.47. The number of benzene rings is 1. The Morgan fingerprint density at radius 3 is 2.72 bits per heavy atom. The number of rotatable bonds is 3. The molecule has 1 aromatic rings.